The van der Waals surface area contributed by atoms with Crippen molar-refractivity contribution in [3.8, 4) is 0 Å². The molecule has 138 valence electrons. The summed E-state index contributed by atoms with van der Waals surface area (Å²) in [6, 6.07) is 4.82. The quantitative estimate of drug-likeness (QED) is 0.429. The maximum absolute atomic E-state index is 12.0. The van der Waals surface area contributed by atoms with E-state index in [0.717, 1.165) is 16.9 Å². The van der Waals surface area contributed by atoms with Gasteiger partial charge in [-0.3, -0.25) is 30.7 Å². The number of nitro groups is 1. The highest BCUT2D eigenvalue weighted by Gasteiger charge is 2.24. The molecule has 0 saturated heterocycles. The molecule has 0 aliphatic heterocycles. The number of hydrazine groups is 1. The molecular formula is C15H14N8O3S. The largest absolute Gasteiger partial charge is 0.355 e. The number of nitrogens with one attached hydrogen (secondary N) is 3. The van der Waals surface area contributed by atoms with Crippen LogP contribution in [0.4, 0.5) is 22.5 Å². The van der Waals surface area contributed by atoms with Crippen LogP contribution in [0.15, 0.2) is 30.7 Å². The van der Waals surface area contributed by atoms with Crippen LogP contribution in [0, 0.1) is 24.0 Å². The van der Waals surface area contributed by atoms with Gasteiger partial charge in [0.25, 0.3) is 5.91 Å². The number of hydrogen-bond acceptors (Lipinski definition) is 10. The number of aromatic nitrogens is 4. The predicted molar refractivity (Wildman–Crippen MR) is 98.9 cm³/mol. The van der Waals surface area contributed by atoms with Gasteiger partial charge in [0.2, 0.25) is 11.6 Å². The van der Waals surface area contributed by atoms with Gasteiger partial charge in [-0.05, 0) is 26.0 Å². The number of carbonyl (C=O) groups is 1. The zero-order chi connectivity index (χ0) is 19.4. The smallest absolute Gasteiger partial charge is 0.310 e. The van der Waals surface area contributed by atoms with Gasteiger partial charge in [-0.1, -0.05) is 6.07 Å². The number of anilines is 3. The molecule has 3 rings (SSSR count). The Kier molecular flexibility index (Phi) is 5.17. The molecule has 12 heteroatoms. The monoisotopic (exact) mass is 386 g/mol. The van der Waals surface area contributed by atoms with Gasteiger partial charge in [0.15, 0.2) is 5.13 Å². The number of rotatable bonds is 6. The lowest BCUT2D eigenvalue weighted by Crippen LogP contribution is -2.31. The van der Waals surface area contributed by atoms with E-state index < -0.39 is 16.5 Å². The molecule has 0 unspecified atom stereocenters. The summed E-state index contributed by atoms with van der Waals surface area (Å²) in [6.07, 6.45) is 2.60. The second-order valence-electron chi connectivity index (χ2n) is 5.26. The zero-order valence-electron chi connectivity index (χ0n) is 14.3. The Morgan fingerprint density at radius 3 is 2.59 bits per heavy atom. The van der Waals surface area contributed by atoms with Gasteiger partial charge in [-0.2, -0.15) is 0 Å². The van der Waals surface area contributed by atoms with Crippen LogP contribution in [0.5, 0.6) is 0 Å². The number of nitrogens with zero attached hydrogens (tertiary/aromatic N) is 5. The summed E-state index contributed by atoms with van der Waals surface area (Å²) in [6.45, 7) is 3.73. The van der Waals surface area contributed by atoms with E-state index in [1.165, 1.54) is 23.6 Å². The molecule has 3 aromatic rings. The van der Waals surface area contributed by atoms with E-state index >= 15 is 0 Å². The Balaban J connectivity index is 1.83. The average molecular weight is 386 g/mol. The van der Waals surface area contributed by atoms with E-state index in [9.17, 15) is 14.9 Å². The van der Waals surface area contributed by atoms with Crippen LogP contribution >= 0.6 is 11.3 Å². The van der Waals surface area contributed by atoms with Crippen LogP contribution in [0.25, 0.3) is 0 Å². The van der Waals surface area contributed by atoms with Crippen LogP contribution in [-0.4, -0.2) is 30.8 Å². The SMILES string of the molecule is Cc1nc(Nc2ncnc(NNC(=O)c3ccccn3)c2[N+](=O)[O-])sc1C. The van der Waals surface area contributed by atoms with Crippen molar-refractivity contribution in [2.75, 3.05) is 10.7 Å². The maximum atomic E-state index is 12.0. The second-order valence-corrected chi connectivity index (χ2v) is 6.46. The van der Waals surface area contributed by atoms with Crippen LogP contribution in [0.3, 0.4) is 0 Å². The minimum atomic E-state index is -0.648. The summed E-state index contributed by atoms with van der Waals surface area (Å²) in [5, 5.41) is 14.8. The summed E-state index contributed by atoms with van der Waals surface area (Å²) in [4.78, 5) is 39.8. The highest BCUT2D eigenvalue weighted by Crippen LogP contribution is 2.32. The van der Waals surface area contributed by atoms with Crippen molar-refractivity contribution in [1.29, 1.82) is 0 Å². The number of aryl methyl sites for hydroxylation is 2. The van der Waals surface area contributed by atoms with Gasteiger partial charge in [0.1, 0.15) is 12.0 Å². The number of amides is 1. The van der Waals surface area contributed by atoms with E-state index in [4.69, 9.17) is 0 Å². The Hall–Kier alpha value is -3.67. The third-order valence-electron chi connectivity index (χ3n) is 3.45. The molecule has 0 spiro atoms. The lowest BCUT2D eigenvalue weighted by atomic mass is 10.3. The number of thiazole rings is 1. The summed E-state index contributed by atoms with van der Waals surface area (Å²) in [5.74, 6) is -0.783. The van der Waals surface area contributed by atoms with Gasteiger partial charge in [-0.25, -0.2) is 15.0 Å². The maximum Gasteiger partial charge on any atom is 0.355 e. The lowest BCUT2D eigenvalue weighted by molar-refractivity contribution is -0.383. The van der Waals surface area contributed by atoms with Gasteiger partial charge in [-0.15, -0.1) is 11.3 Å². The topological polar surface area (TPSA) is 148 Å². The number of hydrogen-bond donors (Lipinski definition) is 3. The van der Waals surface area contributed by atoms with Gasteiger partial charge in [0, 0.05) is 11.1 Å². The first-order chi connectivity index (χ1) is 13.0. The van der Waals surface area contributed by atoms with E-state index in [2.05, 4.69) is 36.1 Å². The molecule has 0 atom stereocenters. The van der Waals surface area contributed by atoms with Crippen molar-refractivity contribution in [1.82, 2.24) is 25.4 Å². The molecule has 0 bridgehead atoms. The van der Waals surface area contributed by atoms with Crippen molar-refractivity contribution < 1.29 is 9.72 Å². The lowest BCUT2D eigenvalue weighted by Gasteiger charge is -2.09. The molecule has 1 amide bonds. The normalized spacial score (nSPS) is 10.3. The van der Waals surface area contributed by atoms with Gasteiger partial charge < -0.3 is 5.32 Å². The van der Waals surface area contributed by atoms with Crippen LogP contribution < -0.4 is 16.2 Å². The van der Waals surface area contributed by atoms with Crippen LogP contribution in [0.1, 0.15) is 21.1 Å². The highest BCUT2D eigenvalue weighted by atomic mass is 32.1. The standard InChI is InChI=1S/C15H14N8O3S/c1-8-9(2)27-15(19-8)20-12-11(23(25)26)13(18-7-17-12)21-22-14(24)10-5-3-4-6-16-10/h3-7H,1-2H3,(H,22,24)(H2,17,18,19,20,21). The minimum absolute atomic E-state index is 0.0432. The van der Waals surface area contributed by atoms with E-state index in [1.807, 2.05) is 13.8 Å². The first-order valence-corrected chi connectivity index (χ1v) is 8.45. The van der Waals surface area contributed by atoms with Crippen molar-refractivity contribution in [2.24, 2.45) is 0 Å². The van der Waals surface area contributed by atoms with E-state index in [0.29, 0.717) is 5.13 Å². The first-order valence-electron chi connectivity index (χ1n) is 7.63. The van der Waals surface area contributed by atoms with Gasteiger partial charge in [0.05, 0.1) is 10.6 Å². The molecule has 0 aromatic carbocycles. The predicted octanol–water partition coefficient (Wildman–Crippen LogP) is 2.35. The Morgan fingerprint density at radius 2 is 1.96 bits per heavy atom. The average Bonchev–Trinajstić information content (AvgIpc) is 2.97. The Morgan fingerprint density at radius 1 is 1.19 bits per heavy atom. The molecule has 0 radical (unpaired) electrons. The highest BCUT2D eigenvalue weighted by molar-refractivity contribution is 7.15. The summed E-state index contributed by atoms with van der Waals surface area (Å²) >= 11 is 1.35. The molecule has 0 fully saturated rings. The third-order valence-corrected chi connectivity index (χ3v) is 4.44. The minimum Gasteiger partial charge on any atom is -0.310 e. The molecule has 11 nitrogen and oxygen atoms in total. The summed E-state index contributed by atoms with van der Waals surface area (Å²) in [5.41, 5.74) is 5.31. The van der Waals surface area contributed by atoms with Gasteiger partial charge >= 0.3 is 5.69 Å². The van der Waals surface area contributed by atoms with Crippen LogP contribution in [0.2, 0.25) is 0 Å². The molecule has 0 aliphatic rings. The summed E-state index contributed by atoms with van der Waals surface area (Å²) in [7, 11) is 0. The van der Waals surface area contributed by atoms with E-state index in [-0.39, 0.29) is 17.3 Å². The molecule has 3 heterocycles. The fourth-order valence-corrected chi connectivity index (χ4v) is 2.85. The molecule has 3 N–H and O–H groups in total. The van der Waals surface area contributed by atoms with Crippen molar-refractivity contribution in [2.45, 2.75) is 13.8 Å². The first kappa shape index (κ1) is 18.1. The fourth-order valence-electron chi connectivity index (χ4n) is 2.04. The molecule has 27 heavy (non-hydrogen) atoms. The molecule has 0 aliphatic carbocycles. The van der Waals surface area contributed by atoms with Crippen molar-refractivity contribution in [3.05, 3.63) is 57.1 Å². The van der Waals surface area contributed by atoms with Crippen molar-refractivity contribution in [3.63, 3.8) is 0 Å². The number of carbonyl (C=O) groups excluding carboxylic acids is 1. The summed E-state index contributed by atoms with van der Waals surface area (Å²) < 4.78 is 0. The molecule has 0 saturated carbocycles. The fraction of sp³-hybridized carbons (Fsp3) is 0.133. The molecule has 3 aromatic heterocycles. The van der Waals surface area contributed by atoms with Crippen LogP contribution in [-0.2, 0) is 0 Å². The Bertz CT molecular complexity index is 972. The third kappa shape index (κ3) is 4.12. The van der Waals surface area contributed by atoms with E-state index in [1.54, 1.807) is 12.1 Å². The van der Waals surface area contributed by atoms with Crippen molar-refractivity contribution >= 4 is 39.7 Å². The Labute approximate surface area is 157 Å². The molecular weight excluding hydrogens is 372 g/mol. The zero-order valence-corrected chi connectivity index (χ0v) is 15.1. The number of pyridine rings is 1. The second kappa shape index (κ2) is 7.70.